The number of rotatable bonds is 7. The molecule has 0 fully saturated rings. The summed E-state index contributed by atoms with van der Waals surface area (Å²) in [5, 5.41) is 0. The summed E-state index contributed by atoms with van der Waals surface area (Å²) >= 11 is 0. The number of hydrogen-bond acceptors (Lipinski definition) is 5. The molecule has 0 rings (SSSR count). The molecule has 0 amide bonds. The van der Waals surface area contributed by atoms with Crippen LogP contribution < -0.4 is 5.73 Å². The minimum atomic E-state index is -0.362. The van der Waals surface area contributed by atoms with E-state index >= 15 is 0 Å². The first-order valence-corrected chi connectivity index (χ1v) is 6.03. The molecule has 12 heavy (non-hydrogen) atoms. The van der Waals surface area contributed by atoms with E-state index in [0.29, 0.717) is 13.2 Å². The van der Waals surface area contributed by atoms with Crippen molar-refractivity contribution < 1.29 is 9.53 Å². The van der Waals surface area contributed by atoms with Crippen molar-refractivity contribution in [1.29, 1.82) is 0 Å². The van der Waals surface area contributed by atoms with Crippen LogP contribution in [0, 0.1) is 0 Å². The van der Waals surface area contributed by atoms with Crippen LogP contribution >= 0.6 is 21.6 Å². The molecular weight excluding hydrogens is 194 g/mol. The lowest BCUT2D eigenvalue weighted by atomic mass is 10.6. The van der Waals surface area contributed by atoms with Gasteiger partial charge in [-0.15, -0.1) is 0 Å². The fourth-order valence-electron chi connectivity index (χ4n) is 0.401. The fourth-order valence-corrected chi connectivity index (χ4v) is 2.08. The van der Waals surface area contributed by atoms with Gasteiger partial charge >= 0.3 is 5.97 Å². The average Bonchev–Trinajstić information content (AvgIpc) is 2.10. The SMILES string of the molecule is C=CC(=O)OCCSSCCN. The van der Waals surface area contributed by atoms with Crippen molar-refractivity contribution in [2.75, 3.05) is 24.7 Å². The van der Waals surface area contributed by atoms with E-state index in [1.807, 2.05) is 0 Å². The molecule has 0 bridgehead atoms. The normalized spacial score (nSPS) is 9.42. The predicted molar refractivity (Wildman–Crippen MR) is 55.1 cm³/mol. The molecule has 0 radical (unpaired) electrons. The summed E-state index contributed by atoms with van der Waals surface area (Å²) in [6.07, 6.45) is 1.16. The highest BCUT2D eigenvalue weighted by atomic mass is 33.1. The van der Waals surface area contributed by atoms with Gasteiger partial charge in [0.15, 0.2) is 0 Å². The van der Waals surface area contributed by atoms with E-state index in [-0.39, 0.29) is 5.97 Å². The Labute approximate surface area is 80.5 Å². The number of carbonyl (C=O) groups excluding carboxylic acids is 1. The summed E-state index contributed by atoms with van der Waals surface area (Å²) in [6, 6.07) is 0. The lowest BCUT2D eigenvalue weighted by Gasteiger charge is -2.00. The maximum absolute atomic E-state index is 10.5. The average molecular weight is 207 g/mol. The molecule has 0 aromatic heterocycles. The second-order valence-electron chi connectivity index (χ2n) is 1.80. The Kier molecular flexibility index (Phi) is 8.86. The molecule has 0 saturated heterocycles. The van der Waals surface area contributed by atoms with Gasteiger partial charge in [-0.3, -0.25) is 0 Å². The van der Waals surface area contributed by atoms with E-state index in [2.05, 4.69) is 6.58 Å². The first kappa shape index (κ1) is 11.9. The molecule has 0 aromatic carbocycles. The maximum Gasteiger partial charge on any atom is 0.330 e. The Morgan fingerprint density at radius 2 is 2.17 bits per heavy atom. The van der Waals surface area contributed by atoms with E-state index in [0.717, 1.165) is 17.6 Å². The molecule has 0 aliphatic rings. The number of carbonyl (C=O) groups is 1. The minimum absolute atomic E-state index is 0.362. The lowest BCUT2D eigenvalue weighted by Crippen LogP contribution is -2.03. The van der Waals surface area contributed by atoms with Crippen molar-refractivity contribution in [3.63, 3.8) is 0 Å². The summed E-state index contributed by atoms with van der Waals surface area (Å²) in [5.41, 5.74) is 5.28. The molecule has 0 saturated carbocycles. The van der Waals surface area contributed by atoms with Crippen LogP contribution in [0.15, 0.2) is 12.7 Å². The molecule has 2 N–H and O–H groups in total. The molecule has 0 aliphatic carbocycles. The number of hydrogen-bond donors (Lipinski definition) is 1. The summed E-state index contributed by atoms with van der Waals surface area (Å²) in [6.45, 7) is 4.41. The van der Waals surface area contributed by atoms with Gasteiger partial charge in [-0.2, -0.15) is 0 Å². The van der Waals surface area contributed by atoms with Crippen LogP contribution in [0.1, 0.15) is 0 Å². The van der Waals surface area contributed by atoms with Gasteiger partial charge in [-0.05, 0) is 0 Å². The van der Waals surface area contributed by atoms with Crippen LogP contribution in [0.2, 0.25) is 0 Å². The summed E-state index contributed by atoms with van der Waals surface area (Å²) < 4.78 is 4.75. The van der Waals surface area contributed by atoms with E-state index in [1.165, 1.54) is 0 Å². The zero-order valence-corrected chi connectivity index (χ0v) is 8.46. The van der Waals surface area contributed by atoms with E-state index < -0.39 is 0 Å². The molecule has 70 valence electrons. The van der Waals surface area contributed by atoms with Crippen LogP contribution in [-0.2, 0) is 9.53 Å². The molecule has 0 spiro atoms. The highest BCUT2D eigenvalue weighted by Crippen LogP contribution is 2.19. The van der Waals surface area contributed by atoms with Crippen molar-refractivity contribution in [3.8, 4) is 0 Å². The number of ether oxygens (including phenoxy) is 1. The lowest BCUT2D eigenvalue weighted by molar-refractivity contribution is -0.137. The van der Waals surface area contributed by atoms with Gasteiger partial charge in [-0.25, -0.2) is 4.79 Å². The third-order valence-corrected chi connectivity index (χ3v) is 3.26. The largest absolute Gasteiger partial charge is 0.462 e. The first-order valence-electron chi connectivity index (χ1n) is 3.55. The van der Waals surface area contributed by atoms with Gasteiger partial charge < -0.3 is 10.5 Å². The van der Waals surface area contributed by atoms with Crippen LogP contribution in [-0.4, -0.2) is 30.6 Å². The van der Waals surface area contributed by atoms with Gasteiger partial charge in [0.25, 0.3) is 0 Å². The van der Waals surface area contributed by atoms with Crippen LogP contribution in [0.25, 0.3) is 0 Å². The summed E-state index contributed by atoms with van der Waals surface area (Å²) in [5.74, 6) is 1.36. The van der Waals surface area contributed by atoms with Crippen molar-refractivity contribution in [2.45, 2.75) is 0 Å². The van der Waals surface area contributed by atoms with Gasteiger partial charge in [0.1, 0.15) is 6.61 Å². The van der Waals surface area contributed by atoms with Crippen molar-refractivity contribution in [1.82, 2.24) is 0 Å². The van der Waals surface area contributed by atoms with Crippen LogP contribution in [0.4, 0.5) is 0 Å². The Hall–Kier alpha value is -0.130. The monoisotopic (exact) mass is 207 g/mol. The Morgan fingerprint density at radius 3 is 2.75 bits per heavy atom. The van der Waals surface area contributed by atoms with Crippen LogP contribution in [0.5, 0.6) is 0 Å². The van der Waals surface area contributed by atoms with Gasteiger partial charge in [0.05, 0.1) is 0 Å². The van der Waals surface area contributed by atoms with Crippen molar-refractivity contribution in [3.05, 3.63) is 12.7 Å². The van der Waals surface area contributed by atoms with E-state index in [9.17, 15) is 4.79 Å². The third kappa shape index (κ3) is 7.97. The smallest absolute Gasteiger partial charge is 0.330 e. The van der Waals surface area contributed by atoms with Crippen molar-refractivity contribution >= 4 is 27.6 Å². The summed E-state index contributed by atoms with van der Waals surface area (Å²) in [4.78, 5) is 10.5. The predicted octanol–water partition coefficient (Wildman–Crippen LogP) is 1.06. The molecule has 0 heterocycles. The van der Waals surface area contributed by atoms with E-state index in [1.54, 1.807) is 21.6 Å². The van der Waals surface area contributed by atoms with Gasteiger partial charge in [0.2, 0.25) is 0 Å². The Balaban J connectivity index is 3.00. The zero-order valence-electron chi connectivity index (χ0n) is 6.82. The first-order chi connectivity index (χ1) is 5.81. The molecule has 0 atom stereocenters. The van der Waals surface area contributed by atoms with Gasteiger partial charge in [-0.1, -0.05) is 28.2 Å². The standard InChI is InChI=1S/C7H13NO2S2/c1-2-7(9)10-4-6-12-11-5-3-8/h2H,1,3-6,8H2. The molecule has 0 unspecified atom stereocenters. The highest BCUT2D eigenvalue weighted by molar-refractivity contribution is 8.76. The molecule has 3 nitrogen and oxygen atoms in total. The molecule has 5 heteroatoms. The third-order valence-electron chi connectivity index (χ3n) is 0.862. The van der Waals surface area contributed by atoms with Gasteiger partial charge in [0, 0.05) is 24.1 Å². The second-order valence-corrected chi connectivity index (χ2v) is 4.51. The topological polar surface area (TPSA) is 52.3 Å². The second kappa shape index (κ2) is 8.96. The molecule has 0 aromatic rings. The molecular formula is C7H13NO2S2. The fraction of sp³-hybridized carbons (Fsp3) is 0.571. The van der Waals surface area contributed by atoms with Crippen LogP contribution in [0.3, 0.4) is 0 Å². The molecule has 0 aliphatic heterocycles. The number of esters is 1. The highest BCUT2D eigenvalue weighted by Gasteiger charge is 1.94. The van der Waals surface area contributed by atoms with Crippen molar-refractivity contribution in [2.24, 2.45) is 5.73 Å². The minimum Gasteiger partial charge on any atom is -0.462 e. The van der Waals surface area contributed by atoms with E-state index in [4.69, 9.17) is 10.5 Å². The Morgan fingerprint density at radius 1 is 1.50 bits per heavy atom. The number of nitrogens with two attached hydrogens (primary N) is 1. The Bertz CT molecular complexity index is 141. The maximum atomic E-state index is 10.5. The summed E-state index contributed by atoms with van der Waals surface area (Å²) in [7, 11) is 3.34. The zero-order chi connectivity index (χ0) is 9.23. The quantitative estimate of drug-likeness (QED) is 0.293.